The van der Waals surface area contributed by atoms with Crippen LogP contribution in [0.5, 0.6) is 0 Å². The van der Waals surface area contributed by atoms with Crippen LogP contribution in [-0.4, -0.2) is 29.1 Å². The maximum atomic E-state index is 10.7. The highest BCUT2D eigenvalue weighted by molar-refractivity contribution is 6.32. The van der Waals surface area contributed by atoms with Crippen molar-refractivity contribution in [1.82, 2.24) is 4.98 Å². The van der Waals surface area contributed by atoms with Gasteiger partial charge >= 0.3 is 5.97 Å². The highest BCUT2D eigenvalue weighted by Gasteiger charge is 2.13. The van der Waals surface area contributed by atoms with Crippen molar-refractivity contribution in [3.8, 4) is 0 Å². The van der Waals surface area contributed by atoms with Crippen LogP contribution in [0.1, 0.15) is 13.3 Å². The number of nitrogens with zero attached hydrogens (tertiary/aromatic N) is 2. The molecule has 0 bridgehead atoms. The zero-order chi connectivity index (χ0) is 11.3. The Balaban J connectivity index is 2.88. The Morgan fingerprint density at radius 2 is 2.40 bits per heavy atom. The summed E-state index contributed by atoms with van der Waals surface area (Å²) in [4.78, 5) is 16.4. The molecule has 0 aliphatic carbocycles. The van der Waals surface area contributed by atoms with Gasteiger partial charge in [-0.3, -0.25) is 4.79 Å². The van der Waals surface area contributed by atoms with E-state index in [1.54, 1.807) is 23.2 Å². The smallest absolute Gasteiger partial charge is 0.323 e. The van der Waals surface area contributed by atoms with Gasteiger partial charge in [-0.1, -0.05) is 18.5 Å². The van der Waals surface area contributed by atoms with Crippen molar-refractivity contribution in [2.45, 2.75) is 13.3 Å². The molecule has 82 valence electrons. The molecule has 1 N–H and O–H groups in total. The topological polar surface area (TPSA) is 53.4 Å². The predicted molar refractivity (Wildman–Crippen MR) is 59.4 cm³/mol. The molecule has 15 heavy (non-hydrogen) atoms. The number of pyridine rings is 1. The van der Waals surface area contributed by atoms with Crippen LogP contribution in [0.25, 0.3) is 0 Å². The fourth-order valence-corrected chi connectivity index (χ4v) is 1.54. The van der Waals surface area contributed by atoms with Crippen LogP contribution >= 0.6 is 11.6 Å². The molecule has 1 aromatic rings. The summed E-state index contributed by atoms with van der Waals surface area (Å²) in [6.45, 7) is 2.53. The first-order valence-electron chi connectivity index (χ1n) is 4.72. The summed E-state index contributed by atoms with van der Waals surface area (Å²) in [6.07, 6.45) is 2.45. The minimum Gasteiger partial charge on any atom is -0.480 e. The summed E-state index contributed by atoms with van der Waals surface area (Å²) in [7, 11) is 0. The second-order valence-corrected chi connectivity index (χ2v) is 3.53. The molecule has 0 fully saturated rings. The van der Waals surface area contributed by atoms with Gasteiger partial charge in [0.1, 0.15) is 12.4 Å². The standard InChI is InChI=1S/C10H13ClN2O2/c1-2-6-13(7-9(14)15)10-8(11)4-3-5-12-10/h3-5H,2,6-7H2,1H3,(H,14,15). The summed E-state index contributed by atoms with van der Waals surface area (Å²) < 4.78 is 0. The van der Waals surface area contributed by atoms with Crippen molar-refractivity contribution < 1.29 is 9.90 Å². The number of aromatic nitrogens is 1. The van der Waals surface area contributed by atoms with Gasteiger partial charge < -0.3 is 10.0 Å². The third kappa shape index (κ3) is 3.40. The maximum absolute atomic E-state index is 10.7. The Kier molecular flexibility index (Phi) is 4.37. The normalized spacial score (nSPS) is 10.0. The van der Waals surface area contributed by atoms with Crippen molar-refractivity contribution in [3.63, 3.8) is 0 Å². The summed E-state index contributed by atoms with van der Waals surface area (Å²) in [5.74, 6) is -0.353. The fraction of sp³-hybridized carbons (Fsp3) is 0.400. The second kappa shape index (κ2) is 5.56. The quantitative estimate of drug-likeness (QED) is 0.838. The van der Waals surface area contributed by atoms with Crippen molar-refractivity contribution >= 4 is 23.4 Å². The second-order valence-electron chi connectivity index (χ2n) is 3.12. The molecule has 0 atom stereocenters. The molecule has 4 nitrogen and oxygen atoms in total. The molecule has 0 aliphatic rings. The van der Waals surface area contributed by atoms with Crippen molar-refractivity contribution in [2.24, 2.45) is 0 Å². The van der Waals surface area contributed by atoms with E-state index < -0.39 is 5.97 Å². The molecular weight excluding hydrogens is 216 g/mol. The average Bonchev–Trinajstić information content (AvgIpc) is 2.17. The summed E-state index contributed by atoms with van der Waals surface area (Å²) in [5, 5.41) is 9.23. The lowest BCUT2D eigenvalue weighted by molar-refractivity contribution is -0.135. The summed E-state index contributed by atoms with van der Waals surface area (Å²) in [6, 6.07) is 3.42. The Morgan fingerprint density at radius 1 is 1.67 bits per heavy atom. The Morgan fingerprint density at radius 3 is 2.93 bits per heavy atom. The van der Waals surface area contributed by atoms with E-state index in [0.717, 1.165) is 6.42 Å². The largest absolute Gasteiger partial charge is 0.480 e. The van der Waals surface area contributed by atoms with Gasteiger partial charge in [0.25, 0.3) is 0 Å². The average molecular weight is 229 g/mol. The lowest BCUT2D eigenvalue weighted by Crippen LogP contribution is -2.31. The van der Waals surface area contributed by atoms with Crippen molar-refractivity contribution in [3.05, 3.63) is 23.4 Å². The van der Waals surface area contributed by atoms with Crippen LogP contribution in [0, 0.1) is 0 Å². The zero-order valence-corrected chi connectivity index (χ0v) is 9.24. The summed E-state index contributed by atoms with van der Waals surface area (Å²) in [5.41, 5.74) is 0. The molecule has 0 saturated heterocycles. The monoisotopic (exact) mass is 228 g/mol. The number of halogens is 1. The third-order valence-corrected chi connectivity index (χ3v) is 2.15. The number of anilines is 1. The number of carboxylic acids is 1. The van der Waals surface area contributed by atoms with Crippen LogP contribution in [0.3, 0.4) is 0 Å². The van der Waals surface area contributed by atoms with Crippen molar-refractivity contribution in [1.29, 1.82) is 0 Å². The van der Waals surface area contributed by atoms with Gasteiger partial charge in [0.15, 0.2) is 0 Å². The molecule has 0 amide bonds. The van der Waals surface area contributed by atoms with Gasteiger partial charge in [-0.05, 0) is 18.6 Å². The SMILES string of the molecule is CCCN(CC(=O)O)c1ncccc1Cl. The van der Waals surface area contributed by atoms with E-state index in [9.17, 15) is 4.79 Å². The number of carbonyl (C=O) groups is 1. The van der Waals surface area contributed by atoms with E-state index in [1.165, 1.54) is 0 Å². The van der Waals surface area contributed by atoms with Gasteiger partial charge in [0.2, 0.25) is 0 Å². The first-order valence-corrected chi connectivity index (χ1v) is 5.10. The van der Waals surface area contributed by atoms with Gasteiger partial charge in [-0.2, -0.15) is 0 Å². The van der Waals surface area contributed by atoms with E-state index in [2.05, 4.69) is 4.98 Å². The van der Waals surface area contributed by atoms with E-state index in [-0.39, 0.29) is 6.54 Å². The highest BCUT2D eigenvalue weighted by Crippen LogP contribution is 2.22. The molecule has 0 aromatic carbocycles. The van der Waals surface area contributed by atoms with Gasteiger partial charge in [0.05, 0.1) is 5.02 Å². The molecule has 0 aliphatic heterocycles. The van der Waals surface area contributed by atoms with E-state index in [1.807, 2.05) is 6.92 Å². The van der Waals surface area contributed by atoms with E-state index in [4.69, 9.17) is 16.7 Å². The molecular formula is C10H13ClN2O2. The minimum atomic E-state index is -0.884. The molecule has 1 aromatic heterocycles. The van der Waals surface area contributed by atoms with Gasteiger partial charge in [-0.25, -0.2) is 4.98 Å². The first kappa shape index (κ1) is 11.8. The maximum Gasteiger partial charge on any atom is 0.323 e. The summed E-state index contributed by atoms with van der Waals surface area (Å²) >= 11 is 5.94. The van der Waals surface area contributed by atoms with Crippen LogP contribution in [0.2, 0.25) is 5.02 Å². The number of aliphatic carboxylic acids is 1. The van der Waals surface area contributed by atoms with E-state index >= 15 is 0 Å². The van der Waals surface area contributed by atoms with Crippen LogP contribution in [0.15, 0.2) is 18.3 Å². The van der Waals surface area contributed by atoms with Crippen LogP contribution < -0.4 is 4.90 Å². The number of hydrogen-bond donors (Lipinski definition) is 1. The lowest BCUT2D eigenvalue weighted by Gasteiger charge is -2.21. The number of carboxylic acid groups (broad SMARTS) is 1. The molecule has 0 unspecified atom stereocenters. The van der Waals surface area contributed by atoms with Crippen LogP contribution in [0.4, 0.5) is 5.82 Å². The zero-order valence-electron chi connectivity index (χ0n) is 8.48. The van der Waals surface area contributed by atoms with Gasteiger partial charge in [0, 0.05) is 12.7 Å². The predicted octanol–water partition coefficient (Wildman–Crippen LogP) is 2.04. The van der Waals surface area contributed by atoms with E-state index in [0.29, 0.717) is 17.4 Å². The molecule has 0 saturated carbocycles. The number of rotatable bonds is 5. The Labute approximate surface area is 93.5 Å². The molecule has 1 rings (SSSR count). The third-order valence-electron chi connectivity index (χ3n) is 1.86. The Bertz CT molecular complexity index is 344. The Hall–Kier alpha value is -1.29. The lowest BCUT2D eigenvalue weighted by atomic mass is 10.3. The fourth-order valence-electron chi connectivity index (χ4n) is 1.30. The molecule has 1 heterocycles. The number of hydrogen-bond acceptors (Lipinski definition) is 3. The first-order chi connectivity index (χ1) is 7.15. The minimum absolute atomic E-state index is 0.0788. The highest BCUT2D eigenvalue weighted by atomic mass is 35.5. The molecule has 0 spiro atoms. The van der Waals surface area contributed by atoms with Crippen molar-refractivity contribution in [2.75, 3.05) is 18.0 Å². The van der Waals surface area contributed by atoms with Crippen LogP contribution in [-0.2, 0) is 4.79 Å². The van der Waals surface area contributed by atoms with Gasteiger partial charge in [-0.15, -0.1) is 0 Å². The molecule has 0 radical (unpaired) electrons. The molecule has 5 heteroatoms.